The fraction of sp³-hybridized carbons (Fsp3) is 0.267. The molecule has 0 aromatic heterocycles. The zero-order valence-corrected chi connectivity index (χ0v) is 12.4. The molecule has 0 N–H and O–H groups in total. The molecule has 1 aliphatic heterocycles. The number of hydrogen-bond acceptors (Lipinski definition) is 4. The van der Waals surface area contributed by atoms with Crippen LogP contribution in [0.4, 0.5) is 5.69 Å². The highest BCUT2D eigenvalue weighted by Crippen LogP contribution is 2.31. The van der Waals surface area contributed by atoms with E-state index in [2.05, 4.69) is 4.74 Å². The first-order valence-corrected chi connectivity index (χ1v) is 6.80. The second kappa shape index (κ2) is 6.10. The van der Waals surface area contributed by atoms with Crippen molar-refractivity contribution in [1.82, 2.24) is 0 Å². The highest BCUT2D eigenvalue weighted by molar-refractivity contribution is 6.52. The van der Waals surface area contributed by atoms with E-state index < -0.39 is 17.7 Å². The SMILES string of the molecule is CCC(=CCN1C(=O)C(=O)c2cc(Cl)ccc21)C(=O)OC. The van der Waals surface area contributed by atoms with Crippen molar-refractivity contribution in [2.45, 2.75) is 13.3 Å². The van der Waals surface area contributed by atoms with Gasteiger partial charge in [-0.3, -0.25) is 9.59 Å². The molecule has 1 amide bonds. The van der Waals surface area contributed by atoms with Crippen LogP contribution in [0.15, 0.2) is 29.8 Å². The van der Waals surface area contributed by atoms with Gasteiger partial charge >= 0.3 is 5.97 Å². The molecule has 1 aromatic rings. The molecule has 5 nitrogen and oxygen atoms in total. The van der Waals surface area contributed by atoms with E-state index in [1.807, 2.05) is 6.92 Å². The van der Waals surface area contributed by atoms with Crippen LogP contribution < -0.4 is 4.90 Å². The van der Waals surface area contributed by atoms with Crippen LogP contribution in [-0.2, 0) is 14.3 Å². The fourth-order valence-corrected chi connectivity index (χ4v) is 2.33. The Morgan fingerprint density at radius 2 is 2.10 bits per heavy atom. The molecular weight excluding hydrogens is 294 g/mol. The van der Waals surface area contributed by atoms with Gasteiger partial charge in [-0.25, -0.2) is 4.79 Å². The normalized spacial score (nSPS) is 14.4. The number of rotatable bonds is 4. The second-order valence-electron chi connectivity index (χ2n) is 4.48. The number of carbonyl (C=O) groups is 3. The Morgan fingerprint density at radius 3 is 2.71 bits per heavy atom. The number of carbonyl (C=O) groups excluding carboxylic acids is 3. The number of nitrogens with zero attached hydrogens (tertiary/aromatic N) is 1. The molecule has 0 saturated heterocycles. The van der Waals surface area contributed by atoms with Crippen LogP contribution in [0.1, 0.15) is 23.7 Å². The van der Waals surface area contributed by atoms with Gasteiger partial charge in [0.05, 0.1) is 18.4 Å². The molecule has 0 bridgehead atoms. The number of esters is 1. The van der Waals surface area contributed by atoms with Crippen LogP contribution in [0.3, 0.4) is 0 Å². The monoisotopic (exact) mass is 307 g/mol. The topological polar surface area (TPSA) is 63.7 Å². The van der Waals surface area contributed by atoms with E-state index in [4.69, 9.17) is 11.6 Å². The Hall–Kier alpha value is -2.14. The van der Waals surface area contributed by atoms with E-state index in [0.29, 0.717) is 22.7 Å². The zero-order chi connectivity index (χ0) is 15.6. The van der Waals surface area contributed by atoms with Crippen LogP contribution in [-0.4, -0.2) is 31.3 Å². The number of ketones is 1. The quantitative estimate of drug-likeness (QED) is 0.487. The first kappa shape index (κ1) is 15.3. The molecule has 0 radical (unpaired) electrons. The lowest BCUT2D eigenvalue weighted by molar-refractivity contribution is -0.136. The molecular formula is C15H14ClNO4. The smallest absolute Gasteiger partial charge is 0.333 e. The van der Waals surface area contributed by atoms with Crippen molar-refractivity contribution in [3.63, 3.8) is 0 Å². The lowest BCUT2D eigenvalue weighted by atomic mass is 10.1. The first-order chi connectivity index (χ1) is 9.99. The van der Waals surface area contributed by atoms with Crippen molar-refractivity contribution in [3.8, 4) is 0 Å². The van der Waals surface area contributed by atoms with Gasteiger partial charge in [0.15, 0.2) is 0 Å². The van der Waals surface area contributed by atoms with Crippen molar-refractivity contribution < 1.29 is 19.1 Å². The molecule has 1 heterocycles. The summed E-state index contributed by atoms with van der Waals surface area (Å²) < 4.78 is 4.66. The third-order valence-corrected chi connectivity index (χ3v) is 3.52. The van der Waals surface area contributed by atoms with Crippen LogP contribution in [0.25, 0.3) is 0 Å². The summed E-state index contributed by atoms with van der Waals surface area (Å²) in [5.74, 6) is -1.65. The molecule has 0 unspecified atom stereocenters. The molecule has 6 heteroatoms. The molecule has 0 saturated carbocycles. The number of methoxy groups -OCH3 is 1. The molecule has 110 valence electrons. The lowest BCUT2D eigenvalue weighted by Gasteiger charge is -2.14. The number of benzene rings is 1. The Kier molecular flexibility index (Phi) is 4.43. The minimum absolute atomic E-state index is 0.136. The van der Waals surface area contributed by atoms with Gasteiger partial charge in [0.1, 0.15) is 0 Å². The van der Waals surface area contributed by atoms with Gasteiger partial charge in [0.25, 0.3) is 11.7 Å². The maximum Gasteiger partial charge on any atom is 0.333 e. The Balaban J connectivity index is 2.30. The standard InChI is InChI=1S/C15H14ClNO4/c1-3-9(15(20)21-2)6-7-17-12-5-4-10(16)8-11(12)13(18)14(17)19/h4-6,8H,3,7H2,1-2H3. The van der Waals surface area contributed by atoms with Crippen molar-refractivity contribution in [1.29, 1.82) is 0 Å². The average molecular weight is 308 g/mol. The first-order valence-electron chi connectivity index (χ1n) is 6.42. The van der Waals surface area contributed by atoms with E-state index in [9.17, 15) is 14.4 Å². The lowest BCUT2D eigenvalue weighted by Crippen LogP contribution is -2.30. The predicted octanol–water partition coefficient (Wildman–Crippen LogP) is 2.38. The molecule has 21 heavy (non-hydrogen) atoms. The van der Waals surface area contributed by atoms with Crippen LogP contribution >= 0.6 is 11.6 Å². The Morgan fingerprint density at radius 1 is 1.38 bits per heavy atom. The van der Waals surface area contributed by atoms with Crippen molar-refractivity contribution in [3.05, 3.63) is 40.4 Å². The average Bonchev–Trinajstić information content (AvgIpc) is 2.72. The van der Waals surface area contributed by atoms with Crippen LogP contribution in [0.5, 0.6) is 0 Å². The minimum atomic E-state index is -0.621. The number of anilines is 1. The number of hydrogen-bond donors (Lipinski definition) is 0. The van der Waals surface area contributed by atoms with Gasteiger partial charge in [-0.15, -0.1) is 0 Å². The Labute approximate surface area is 127 Å². The van der Waals surface area contributed by atoms with Gasteiger partial charge in [-0.05, 0) is 24.6 Å². The molecule has 0 fully saturated rings. The summed E-state index contributed by atoms with van der Waals surface area (Å²) in [5, 5.41) is 0.399. The van der Waals surface area contributed by atoms with Gasteiger partial charge < -0.3 is 9.64 Å². The highest BCUT2D eigenvalue weighted by atomic mass is 35.5. The third kappa shape index (κ3) is 2.83. The van der Waals surface area contributed by atoms with Gasteiger partial charge in [0, 0.05) is 17.1 Å². The van der Waals surface area contributed by atoms with E-state index >= 15 is 0 Å². The minimum Gasteiger partial charge on any atom is -0.466 e. The summed E-state index contributed by atoms with van der Waals surface area (Å²) in [5.41, 5.74) is 1.25. The molecule has 1 aliphatic rings. The molecule has 0 atom stereocenters. The fourth-order valence-electron chi connectivity index (χ4n) is 2.16. The Bertz CT molecular complexity index is 651. The molecule has 0 spiro atoms. The second-order valence-corrected chi connectivity index (χ2v) is 4.92. The van der Waals surface area contributed by atoms with E-state index in [0.717, 1.165) is 0 Å². The summed E-state index contributed by atoms with van der Waals surface area (Å²) in [4.78, 5) is 36.7. The predicted molar refractivity (Wildman–Crippen MR) is 78.5 cm³/mol. The van der Waals surface area contributed by atoms with E-state index in [-0.39, 0.29) is 12.1 Å². The van der Waals surface area contributed by atoms with Crippen molar-refractivity contribution in [2.24, 2.45) is 0 Å². The van der Waals surface area contributed by atoms with Gasteiger partial charge in [-0.1, -0.05) is 24.6 Å². The maximum absolute atomic E-state index is 12.0. The number of halogens is 1. The summed E-state index contributed by atoms with van der Waals surface area (Å²) in [6.07, 6.45) is 2.08. The number of ether oxygens (including phenoxy) is 1. The number of Topliss-reactive ketones (excluding diaryl/α,β-unsaturated/α-hetero) is 1. The molecule has 0 aliphatic carbocycles. The number of fused-ring (bicyclic) bond motifs is 1. The molecule has 2 rings (SSSR count). The van der Waals surface area contributed by atoms with Gasteiger partial charge in [-0.2, -0.15) is 0 Å². The highest BCUT2D eigenvalue weighted by Gasteiger charge is 2.35. The van der Waals surface area contributed by atoms with Crippen molar-refractivity contribution >= 4 is 34.9 Å². The maximum atomic E-state index is 12.0. The van der Waals surface area contributed by atoms with E-state index in [1.54, 1.807) is 18.2 Å². The zero-order valence-electron chi connectivity index (χ0n) is 11.7. The summed E-state index contributed by atoms with van der Waals surface area (Å²) in [6, 6.07) is 4.71. The van der Waals surface area contributed by atoms with Crippen molar-refractivity contribution in [2.75, 3.05) is 18.6 Å². The summed E-state index contributed by atoms with van der Waals surface area (Å²) in [7, 11) is 1.30. The molecule has 1 aromatic carbocycles. The largest absolute Gasteiger partial charge is 0.466 e. The number of amides is 1. The summed E-state index contributed by atoms with van der Waals surface area (Å²) >= 11 is 5.84. The van der Waals surface area contributed by atoms with E-state index in [1.165, 1.54) is 18.1 Å². The van der Waals surface area contributed by atoms with Gasteiger partial charge in [0.2, 0.25) is 0 Å². The third-order valence-electron chi connectivity index (χ3n) is 3.28. The van der Waals surface area contributed by atoms with Crippen LogP contribution in [0.2, 0.25) is 5.02 Å². The summed E-state index contributed by atoms with van der Waals surface area (Å²) in [6.45, 7) is 1.95. The van der Waals surface area contributed by atoms with Crippen LogP contribution in [0, 0.1) is 0 Å².